The molecule has 2 aromatic rings. The number of carbonyl (C=O) groups excluding carboxylic acids is 1. The van der Waals surface area contributed by atoms with Crippen LogP contribution in [-0.4, -0.2) is 17.7 Å². The van der Waals surface area contributed by atoms with E-state index in [2.05, 4.69) is 5.32 Å². The SMILES string of the molecule is O=C(NCCC=Cc1cc(O)cc(C(F)(F)F)c1)OCc1ccccc1. The zero-order valence-corrected chi connectivity index (χ0v) is 13.8. The highest BCUT2D eigenvalue weighted by Gasteiger charge is 2.31. The van der Waals surface area contributed by atoms with Crippen molar-refractivity contribution < 1.29 is 27.8 Å². The number of ether oxygens (including phenoxy) is 1. The molecule has 0 heterocycles. The molecule has 0 spiro atoms. The second-order valence-corrected chi connectivity index (χ2v) is 5.49. The van der Waals surface area contributed by atoms with Gasteiger partial charge in [0, 0.05) is 6.54 Å². The first-order valence-corrected chi connectivity index (χ1v) is 7.87. The molecule has 0 aromatic heterocycles. The monoisotopic (exact) mass is 365 g/mol. The van der Waals surface area contributed by atoms with Gasteiger partial charge in [0.25, 0.3) is 0 Å². The van der Waals surface area contributed by atoms with E-state index in [-0.39, 0.29) is 18.7 Å². The molecular weight excluding hydrogens is 347 g/mol. The van der Waals surface area contributed by atoms with E-state index in [1.807, 2.05) is 30.3 Å². The molecule has 0 saturated heterocycles. The highest BCUT2D eigenvalue weighted by Crippen LogP contribution is 2.32. The van der Waals surface area contributed by atoms with Crippen LogP contribution in [0.25, 0.3) is 6.08 Å². The Hall–Kier alpha value is -2.96. The van der Waals surface area contributed by atoms with Crippen LogP contribution in [-0.2, 0) is 17.5 Å². The van der Waals surface area contributed by atoms with Gasteiger partial charge in [0.1, 0.15) is 12.4 Å². The average molecular weight is 365 g/mol. The first-order chi connectivity index (χ1) is 12.3. The maximum atomic E-state index is 12.7. The Kier molecular flexibility index (Phi) is 6.66. The summed E-state index contributed by atoms with van der Waals surface area (Å²) in [6.07, 6.45) is -1.64. The fourth-order valence-electron chi connectivity index (χ4n) is 2.15. The number of hydrogen-bond acceptors (Lipinski definition) is 3. The fourth-order valence-corrected chi connectivity index (χ4v) is 2.15. The number of amides is 1. The average Bonchev–Trinajstić information content (AvgIpc) is 2.59. The van der Waals surface area contributed by atoms with Crippen molar-refractivity contribution in [3.8, 4) is 5.75 Å². The molecule has 0 fully saturated rings. The number of benzene rings is 2. The van der Waals surface area contributed by atoms with E-state index in [1.54, 1.807) is 6.08 Å². The van der Waals surface area contributed by atoms with Crippen molar-refractivity contribution in [3.05, 3.63) is 71.3 Å². The molecule has 2 N–H and O–H groups in total. The molecule has 7 heteroatoms. The van der Waals surface area contributed by atoms with Gasteiger partial charge in [0.2, 0.25) is 0 Å². The normalized spacial score (nSPS) is 11.5. The lowest BCUT2D eigenvalue weighted by atomic mass is 10.1. The van der Waals surface area contributed by atoms with Crippen LogP contribution >= 0.6 is 0 Å². The van der Waals surface area contributed by atoms with Gasteiger partial charge in [-0.15, -0.1) is 0 Å². The fraction of sp³-hybridized carbons (Fsp3) is 0.211. The Morgan fingerprint density at radius 3 is 2.58 bits per heavy atom. The van der Waals surface area contributed by atoms with E-state index in [4.69, 9.17) is 4.74 Å². The van der Waals surface area contributed by atoms with Crippen LogP contribution in [0, 0.1) is 0 Å². The van der Waals surface area contributed by atoms with Gasteiger partial charge in [-0.2, -0.15) is 13.2 Å². The maximum absolute atomic E-state index is 12.7. The minimum absolute atomic E-state index is 0.159. The van der Waals surface area contributed by atoms with Crippen LogP contribution in [0.5, 0.6) is 5.75 Å². The Morgan fingerprint density at radius 2 is 1.88 bits per heavy atom. The van der Waals surface area contributed by atoms with E-state index in [1.165, 1.54) is 12.1 Å². The molecule has 0 aliphatic rings. The van der Waals surface area contributed by atoms with Crippen molar-refractivity contribution in [2.75, 3.05) is 6.54 Å². The lowest BCUT2D eigenvalue weighted by Crippen LogP contribution is -2.24. The largest absolute Gasteiger partial charge is 0.508 e. The topological polar surface area (TPSA) is 58.6 Å². The summed E-state index contributed by atoms with van der Waals surface area (Å²) in [7, 11) is 0. The number of alkyl carbamates (subject to hydrolysis) is 1. The Labute approximate surface area is 148 Å². The van der Waals surface area contributed by atoms with Crippen molar-refractivity contribution in [2.24, 2.45) is 0 Å². The summed E-state index contributed by atoms with van der Waals surface area (Å²) in [5.74, 6) is -0.456. The number of halogens is 3. The first kappa shape index (κ1) is 19.4. The smallest absolute Gasteiger partial charge is 0.416 e. The second-order valence-electron chi connectivity index (χ2n) is 5.49. The molecule has 0 bridgehead atoms. The molecule has 138 valence electrons. The number of aromatic hydroxyl groups is 1. The van der Waals surface area contributed by atoms with Gasteiger partial charge in [-0.1, -0.05) is 42.5 Å². The third kappa shape index (κ3) is 6.51. The van der Waals surface area contributed by atoms with E-state index in [0.717, 1.165) is 11.6 Å². The molecule has 26 heavy (non-hydrogen) atoms. The zero-order valence-electron chi connectivity index (χ0n) is 13.8. The molecule has 0 unspecified atom stereocenters. The molecule has 0 aliphatic carbocycles. The standard InChI is InChI=1S/C19H18F3NO3/c20-19(21,22)16-10-15(11-17(24)12-16)8-4-5-9-23-18(25)26-13-14-6-2-1-3-7-14/h1-4,6-8,10-12,24H,5,9,13H2,(H,23,25). The van der Waals surface area contributed by atoms with Crippen molar-refractivity contribution in [1.29, 1.82) is 0 Å². The molecule has 2 aromatic carbocycles. The van der Waals surface area contributed by atoms with E-state index >= 15 is 0 Å². The van der Waals surface area contributed by atoms with Crippen molar-refractivity contribution in [3.63, 3.8) is 0 Å². The number of alkyl halides is 3. The molecule has 0 saturated carbocycles. The Morgan fingerprint density at radius 1 is 1.15 bits per heavy atom. The third-order valence-corrected chi connectivity index (χ3v) is 3.37. The highest BCUT2D eigenvalue weighted by molar-refractivity contribution is 5.67. The first-order valence-electron chi connectivity index (χ1n) is 7.87. The summed E-state index contributed by atoms with van der Waals surface area (Å²) in [6.45, 7) is 0.432. The lowest BCUT2D eigenvalue weighted by molar-refractivity contribution is -0.137. The predicted molar refractivity (Wildman–Crippen MR) is 91.4 cm³/mol. The van der Waals surface area contributed by atoms with Crippen LogP contribution < -0.4 is 5.32 Å². The Bertz CT molecular complexity index is 758. The quantitative estimate of drug-likeness (QED) is 0.727. The van der Waals surface area contributed by atoms with E-state index in [9.17, 15) is 23.1 Å². The minimum Gasteiger partial charge on any atom is -0.508 e. The Balaban J connectivity index is 1.75. The van der Waals surface area contributed by atoms with Crippen molar-refractivity contribution in [2.45, 2.75) is 19.2 Å². The predicted octanol–water partition coefficient (Wildman–Crippen LogP) is 4.74. The number of carbonyl (C=O) groups is 1. The summed E-state index contributed by atoms with van der Waals surface area (Å²) >= 11 is 0. The number of hydrogen-bond donors (Lipinski definition) is 2. The van der Waals surface area contributed by atoms with Crippen molar-refractivity contribution in [1.82, 2.24) is 5.32 Å². The maximum Gasteiger partial charge on any atom is 0.416 e. The summed E-state index contributed by atoms with van der Waals surface area (Å²) in [6, 6.07) is 12.0. The van der Waals surface area contributed by atoms with Gasteiger partial charge in [-0.25, -0.2) is 4.79 Å². The zero-order chi connectivity index (χ0) is 19.0. The van der Waals surface area contributed by atoms with Gasteiger partial charge in [0.05, 0.1) is 5.56 Å². The highest BCUT2D eigenvalue weighted by atomic mass is 19.4. The van der Waals surface area contributed by atoms with Crippen molar-refractivity contribution >= 4 is 12.2 Å². The molecular formula is C19H18F3NO3. The van der Waals surface area contributed by atoms with Crippen LogP contribution in [0.4, 0.5) is 18.0 Å². The molecule has 1 amide bonds. The number of phenolic OH excluding ortho intramolecular Hbond substituents is 1. The summed E-state index contributed by atoms with van der Waals surface area (Å²) in [4.78, 5) is 11.5. The molecule has 0 atom stereocenters. The van der Waals surface area contributed by atoms with Crippen LogP contribution in [0.2, 0.25) is 0 Å². The number of nitrogens with one attached hydrogen (secondary N) is 1. The number of phenols is 1. The van der Waals surface area contributed by atoms with Crippen LogP contribution in [0.15, 0.2) is 54.6 Å². The van der Waals surface area contributed by atoms with Crippen LogP contribution in [0.3, 0.4) is 0 Å². The van der Waals surface area contributed by atoms with Gasteiger partial charge in [-0.3, -0.25) is 0 Å². The lowest BCUT2D eigenvalue weighted by Gasteiger charge is -2.08. The second kappa shape index (κ2) is 8.94. The molecule has 4 nitrogen and oxygen atoms in total. The van der Waals surface area contributed by atoms with Gasteiger partial charge >= 0.3 is 12.3 Å². The van der Waals surface area contributed by atoms with Gasteiger partial charge in [0.15, 0.2) is 0 Å². The molecule has 0 aliphatic heterocycles. The third-order valence-electron chi connectivity index (χ3n) is 3.37. The van der Waals surface area contributed by atoms with E-state index < -0.39 is 23.6 Å². The van der Waals surface area contributed by atoms with E-state index in [0.29, 0.717) is 12.5 Å². The number of rotatable bonds is 6. The van der Waals surface area contributed by atoms with Crippen LogP contribution in [0.1, 0.15) is 23.1 Å². The van der Waals surface area contributed by atoms with Gasteiger partial charge < -0.3 is 15.2 Å². The van der Waals surface area contributed by atoms with Gasteiger partial charge in [-0.05, 0) is 35.7 Å². The summed E-state index contributed by atoms with van der Waals surface area (Å²) in [5.41, 5.74) is 0.177. The minimum atomic E-state index is -4.52. The molecule has 2 rings (SSSR count). The summed E-state index contributed by atoms with van der Waals surface area (Å²) < 4.78 is 43.1. The molecule has 0 radical (unpaired) electrons. The summed E-state index contributed by atoms with van der Waals surface area (Å²) in [5, 5.41) is 11.9.